The van der Waals surface area contributed by atoms with Crippen molar-refractivity contribution in [3.8, 4) is 11.5 Å². The van der Waals surface area contributed by atoms with E-state index in [9.17, 15) is 4.79 Å². The Kier molecular flexibility index (Phi) is 3.88. The van der Waals surface area contributed by atoms with E-state index in [0.29, 0.717) is 27.8 Å². The molecule has 0 radical (unpaired) electrons. The van der Waals surface area contributed by atoms with E-state index in [4.69, 9.17) is 21.1 Å². The number of ketones is 1. The lowest BCUT2D eigenvalue weighted by atomic mass is 10.1. The van der Waals surface area contributed by atoms with Crippen molar-refractivity contribution >= 4 is 50.7 Å². The van der Waals surface area contributed by atoms with Crippen molar-refractivity contribution in [1.82, 2.24) is 4.98 Å². The number of fused-ring (bicyclic) bond motifs is 2. The average molecular weight is 364 g/mol. The minimum atomic E-state index is 0.0330. The van der Waals surface area contributed by atoms with E-state index in [1.165, 1.54) is 11.8 Å². The van der Waals surface area contributed by atoms with Gasteiger partial charge in [-0.25, -0.2) is 4.98 Å². The number of thiazole rings is 1. The predicted octanol–water partition coefficient (Wildman–Crippen LogP) is 4.65. The maximum Gasteiger partial charge on any atom is 0.231 e. The maximum atomic E-state index is 12.3. The highest BCUT2D eigenvalue weighted by molar-refractivity contribution is 8.01. The molecular formula is C16H10ClNO3S2. The van der Waals surface area contributed by atoms with Gasteiger partial charge in [-0.2, -0.15) is 0 Å². The summed E-state index contributed by atoms with van der Waals surface area (Å²) in [6.45, 7) is 0.204. The standard InChI is InChI=1S/C16H10ClNO3S2/c17-10-2-4-15-11(6-10)18-16(23-15)22-7-12(19)9-1-3-13-14(5-9)21-8-20-13/h1-6H,7-8H2. The zero-order valence-corrected chi connectivity index (χ0v) is 14.1. The third kappa shape index (κ3) is 3.02. The number of nitrogens with zero attached hydrogens (tertiary/aromatic N) is 1. The molecule has 1 aromatic heterocycles. The van der Waals surface area contributed by atoms with Crippen LogP contribution in [0.15, 0.2) is 40.7 Å². The first-order valence-electron chi connectivity index (χ1n) is 6.81. The van der Waals surface area contributed by atoms with Gasteiger partial charge in [-0.3, -0.25) is 4.79 Å². The van der Waals surface area contributed by atoms with Gasteiger partial charge in [0, 0.05) is 10.6 Å². The molecular weight excluding hydrogens is 354 g/mol. The first-order chi connectivity index (χ1) is 11.2. The lowest BCUT2D eigenvalue weighted by Gasteiger charge is -2.01. The van der Waals surface area contributed by atoms with E-state index >= 15 is 0 Å². The van der Waals surface area contributed by atoms with Crippen LogP contribution in [0.25, 0.3) is 10.2 Å². The average Bonchev–Trinajstić information content (AvgIpc) is 3.17. The molecule has 0 unspecified atom stereocenters. The van der Waals surface area contributed by atoms with E-state index in [-0.39, 0.29) is 12.6 Å². The fourth-order valence-corrected chi connectivity index (χ4v) is 4.33. The maximum absolute atomic E-state index is 12.3. The summed E-state index contributed by atoms with van der Waals surface area (Å²) in [6, 6.07) is 10.9. The van der Waals surface area contributed by atoms with Crippen LogP contribution in [0.4, 0.5) is 0 Å². The van der Waals surface area contributed by atoms with Crippen LogP contribution in [0.1, 0.15) is 10.4 Å². The number of ether oxygens (including phenoxy) is 2. The molecule has 2 heterocycles. The summed E-state index contributed by atoms with van der Waals surface area (Å²) in [5.41, 5.74) is 1.48. The third-order valence-electron chi connectivity index (χ3n) is 3.35. The Morgan fingerprint density at radius 3 is 3.00 bits per heavy atom. The summed E-state index contributed by atoms with van der Waals surface area (Å²) in [5.74, 6) is 1.66. The van der Waals surface area contributed by atoms with Gasteiger partial charge >= 0.3 is 0 Å². The zero-order valence-electron chi connectivity index (χ0n) is 11.7. The largest absolute Gasteiger partial charge is 0.454 e. The van der Waals surface area contributed by atoms with Gasteiger partial charge in [0.2, 0.25) is 6.79 Å². The molecule has 0 saturated carbocycles. The minimum Gasteiger partial charge on any atom is -0.454 e. The number of benzene rings is 2. The van der Waals surface area contributed by atoms with E-state index in [1.54, 1.807) is 29.5 Å². The van der Waals surface area contributed by atoms with Gasteiger partial charge in [-0.15, -0.1) is 11.3 Å². The molecule has 0 bridgehead atoms. The molecule has 0 N–H and O–H groups in total. The quantitative estimate of drug-likeness (QED) is 0.498. The number of hydrogen-bond donors (Lipinski definition) is 0. The van der Waals surface area contributed by atoms with Crippen molar-refractivity contribution in [3.63, 3.8) is 0 Å². The van der Waals surface area contributed by atoms with Crippen molar-refractivity contribution in [3.05, 3.63) is 47.0 Å². The zero-order chi connectivity index (χ0) is 15.8. The molecule has 3 aromatic rings. The van der Waals surface area contributed by atoms with Gasteiger partial charge in [0.15, 0.2) is 21.6 Å². The SMILES string of the molecule is O=C(CSc1nc2cc(Cl)ccc2s1)c1ccc2c(c1)OCO2. The fourth-order valence-electron chi connectivity index (χ4n) is 2.22. The summed E-state index contributed by atoms with van der Waals surface area (Å²) in [4.78, 5) is 16.8. The Morgan fingerprint density at radius 2 is 2.09 bits per heavy atom. The number of aromatic nitrogens is 1. The van der Waals surface area contributed by atoms with E-state index in [0.717, 1.165) is 14.6 Å². The van der Waals surface area contributed by atoms with Crippen molar-refractivity contribution in [2.75, 3.05) is 12.5 Å². The molecule has 4 rings (SSSR count). The van der Waals surface area contributed by atoms with Gasteiger partial charge < -0.3 is 9.47 Å². The number of Topliss-reactive ketones (excluding diaryl/α,β-unsaturated/α-hetero) is 1. The topological polar surface area (TPSA) is 48.4 Å². The van der Waals surface area contributed by atoms with Crippen molar-refractivity contribution in [1.29, 1.82) is 0 Å². The number of rotatable bonds is 4. The van der Waals surface area contributed by atoms with Crippen molar-refractivity contribution in [2.45, 2.75) is 4.34 Å². The molecule has 4 nitrogen and oxygen atoms in total. The second kappa shape index (κ2) is 6.03. The van der Waals surface area contributed by atoms with Gasteiger partial charge in [0.25, 0.3) is 0 Å². The van der Waals surface area contributed by atoms with Crippen LogP contribution in [0, 0.1) is 0 Å². The van der Waals surface area contributed by atoms with E-state index in [2.05, 4.69) is 4.98 Å². The fraction of sp³-hybridized carbons (Fsp3) is 0.125. The number of carbonyl (C=O) groups is 1. The number of hydrogen-bond acceptors (Lipinski definition) is 6. The lowest BCUT2D eigenvalue weighted by molar-refractivity contribution is 0.102. The molecule has 0 saturated heterocycles. The van der Waals surface area contributed by atoms with Gasteiger partial charge in [-0.05, 0) is 36.4 Å². The highest BCUT2D eigenvalue weighted by Gasteiger charge is 2.17. The molecule has 0 spiro atoms. The number of halogens is 1. The van der Waals surface area contributed by atoms with Crippen LogP contribution in [-0.4, -0.2) is 23.3 Å². The predicted molar refractivity (Wildman–Crippen MR) is 92.2 cm³/mol. The smallest absolute Gasteiger partial charge is 0.231 e. The molecule has 0 aliphatic carbocycles. The highest BCUT2D eigenvalue weighted by Crippen LogP contribution is 2.34. The Balaban J connectivity index is 1.48. The first kappa shape index (κ1) is 14.8. The number of thioether (sulfide) groups is 1. The van der Waals surface area contributed by atoms with Crippen molar-refractivity contribution in [2.24, 2.45) is 0 Å². The Labute approximate surface area is 145 Å². The van der Waals surface area contributed by atoms with Crippen LogP contribution in [0.3, 0.4) is 0 Å². The van der Waals surface area contributed by atoms with Gasteiger partial charge in [0.05, 0.1) is 16.0 Å². The molecule has 0 amide bonds. The molecule has 0 fully saturated rings. The molecule has 7 heteroatoms. The van der Waals surface area contributed by atoms with E-state index in [1.807, 2.05) is 18.2 Å². The summed E-state index contributed by atoms with van der Waals surface area (Å²) >= 11 is 8.95. The Morgan fingerprint density at radius 1 is 1.22 bits per heavy atom. The van der Waals surface area contributed by atoms with Crippen LogP contribution in [0.2, 0.25) is 5.02 Å². The minimum absolute atomic E-state index is 0.0330. The van der Waals surface area contributed by atoms with E-state index < -0.39 is 0 Å². The Hall–Kier alpha value is -1.76. The molecule has 116 valence electrons. The molecule has 23 heavy (non-hydrogen) atoms. The second-order valence-corrected chi connectivity index (χ2v) is 7.56. The highest BCUT2D eigenvalue weighted by atomic mass is 35.5. The normalized spacial score (nSPS) is 12.7. The summed E-state index contributed by atoms with van der Waals surface area (Å²) in [5, 5.41) is 0.663. The summed E-state index contributed by atoms with van der Waals surface area (Å²) in [6.07, 6.45) is 0. The first-order valence-corrected chi connectivity index (χ1v) is 8.99. The van der Waals surface area contributed by atoms with Crippen molar-refractivity contribution < 1.29 is 14.3 Å². The van der Waals surface area contributed by atoms with Gasteiger partial charge in [-0.1, -0.05) is 23.4 Å². The molecule has 0 atom stereocenters. The number of carbonyl (C=O) groups excluding carboxylic acids is 1. The molecule has 2 aromatic carbocycles. The van der Waals surface area contributed by atoms with Crippen LogP contribution in [-0.2, 0) is 0 Å². The molecule has 1 aliphatic rings. The Bertz CT molecular complexity index is 909. The lowest BCUT2D eigenvalue weighted by Crippen LogP contribution is -2.02. The van der Waals surface area contributed by atoms with Crippen LogP contribution < -0.4 is 9.47 Å². The third-order valence-corrected chi connectivity index (χ3v) is 5.77. The monoisotopic (exact) mass is 363 g/mol. The van der Waals surface area contributed by atoms with Crippen LogP contribution >= 0.6 is 34.7 Å². The second-order valence-electron chi connectivity index (χ2n) is 4.87. The summed E-state index contributed by atoms with van der Waals surface area (Å²) in [7, 11) is 0. The molecule has 1 aliphatic heterocycles. The van der Waals surface area contributed by atoms with Gasteiger partial charge in [0.1, 0.15) is 0 Å². The van der Waals surface area contributed by atoms with Crippen LogP contribution in [0.5, 0.6) is 11.5 Å². The summed E-state index contributed by atoms with van der Waals surface area (Å²) < 4.78 is 12.5.